The molecule has 0 unspecified atom stereocenters. The van der Waals surface area contributed by atoms with Crippen molar-refractivity contribution >= 4 is 86.3 Å². The van der Waals surface area contributed by atoms with E-state index in [1.54, 1.807) is 0 Å². The summed E-state index contributed by atoms with van der Waals surface area (Å²) in [6, 6.07) is 53.7. The monoisotopic (exact) mass is 643 g/mol. The van der Waals surface area contributed by atoms with Crippen LogP contribution in [0.3, 0.4) is 0 Å². The summed E-state index contributed by atoms with van der Waals surface area (Å²) in [6.07, 6.45) is 0. The Morgan fingerprint density at radius 3 is 2.16 bits per heavy atom. The van der Waals surface area contributed by atoms with E-state index in [0.29, 0.717) is 5.71 Å². The Kier molecular flexibility index (Phi) is 5.51. The fourth-order valence-electron chi connectivity index (χ4n) is 7.53. The lowest BCUT2D eigenvalue weighted by atomic mass is 10.0. The zero-order valence-corrected chi connectivity index (χ0v) is 26.9. The van der Waals surface area contributed by atoms with Gasteiger partial charge in [0.2, 0.25) is 5.71 Å². The highest BCUT2D eigenvalue weighted by Gasteiger charge is 2.23. The molecule has 0 fully saturated rings. The number of fused-ring (bicyclic) bond motifs is 11. The molecule has 4 aromatic heterocycles. The molecule has 0 N–H and O–H groups in total. The number of para-hydroxylation sites is 2. The summed E-state index contributed by atoms with van der Waals surface area (Å²) in [5, 5.41) is 8.46. The zero-order chi connectivity index (χ0) is 32.1. The van der Waals surface area contributed by atoms with Crippen molar-refractivity contribution in [1.82, 2.24) is 14.5 Å². The Bertz CT molecular complexity index is 3110. The first-order valence-corrected chi connectivity index (χ1v) is 17.2. The maximum Gasteiger partial charge on any atom is 0.247 e. The van der Waals surface area contributed by atoms with Gasteiger partial charge in [-0.15, -0.1) is 11.3 Å². The van der Waals surface area contributed by atoms with Crippen molar-refractivity contribution in [3.63, 3.8) is 0 Å². The SMILES string of the molecule is c1ccc(-c2cccc(-c3nc4oc5ccccc5c4nc3-n3c4ccccc4c4cc5c(cc43)sc3c4ccccc4ccc53)c2)cc1. The molecule has 11 rings (SSSR count). The van der Waals surface area contributed by atoms with Crippen molar-refractivity contribution in [3.8, 4) is 28.2 Å². The third kappa shape index (κ3) is 3.91. The van der Waals surface area contributed by atoms with Crippen LogP contribution >= 0.6 is 11.3 Å². The molecular formula is C44H25N3OS. The van der Waals surface area contributed by atoms with Crippen molar-refractivity contribution in [3.05, 3.63) is 152 Å². The van der Waals surface area contributed by atoms with Gasteiger partial charge < -0.3 is 4.42 Å². The number of nitrogens with zero attached hydrogens (tertiary/aromatic N) is 3. The predicted molar refractivity (Wildman–Crippen MR) is 205 cm³/mol. The number of hydrogen-bond acceptors (Lipinski definition) is 4. The van der Waals surface area contributed by atoms with E-state index in [0.717, 1.165) is 55.7 Å². The Morgan fingerprint density at radius 2 is 1.24 bits per heavy atom. The van der Waals surface area contributed by atoms with E-state index in [1.807, 2.05) is 35.6 Å². The lowest BCUT2D eigenvalue weighted by Gasteiger charge is -2.13. The number of benzene rings is 7. The maximum atomic E-state index is 6.32. The van der Waals surface area contributed by atoms with Crippen LogP contribution in [0, 0.1) is 0 Å². The van der Waals surface area contributed by atoms with Crippen molar-refractivity contribution in [2.45, 2.75) is 0 Å². The minimum Gasteiger partial charge on any atom is -0.436 e. The summed E-state index contributed by atoms with van der Waals surface area (Å²) in [5.74, 6) is 0.779. The molecule has 0 saturated heterocycles. The molecule has 0 amide bonds. The van der Waals surface area contributed by atoms with Crippen molar-refractivity contribution in [2.24, 2.45) is 0 Å². The number of thiophene rings is 1. The van der Waals surface area contributed by atoms with Crippen LogP contribution in [-0.4, -0.2) is 14.5 Å². The highest BCUT2D eigenvalue weighted by Crippen LogP contribution is 2.44. The fraction of sp³-hybridized carbons (Fsp3) is 0. The summed E-state index contributed by atoms with van der Waals surface area (Å²) in [5.41, 5.74) is 8.29. The number of aromatic nitrogens is 3. The third-order valence-corrected chi connectivity index (χ3v) is 11.0. The highest BCUT2D eigenvalue weighted by atomic mass is 32.1. The van der Waals surface area contributed by atoms with E-state index in [1.165, 1.54) is 41.7 Å². The van der Waals surface area contributed by atoms with E-state index < -0.39 is 0 Å². The third-order valence-electron chi connectivity index (χ3n) is 9.80. The predicted octanol–water partition coefficient (Wildman–Crippen LogP) is 12.3. The molecule has 49 heavy (non-hydrogen) atoms. The van der Waals surface area contributed by atoms with Gasteiger partial charge in [0.05, 0.1) is 11.0 Å². The van der Waals surface area contributed by atoms with Gasteiger partial charge in [0.25, 0.3) is 0 Å². The average Bonchev–Trinajstić information content (AvgIpc) is 3.82. The van der Waals surface area contributed by atoms with E-state index in [2.05, 4.69) is 132 Å². The van der Waals surface area contributed by atoms with Gasteiger partial charge in [-0.1, -0.05) is 115 Å². The Labute approximate surface area is 284 Å². The van der Waals surface area contributed by atoms with Gasteiger partial charge in [-0.3, -0.25) is 4.57 Å². The van der Waals surface area contributed by atoms with Crippen LogP contribution in [0.4, 0.5) is 0 Å². The van der Waals surface area contributed by atoms with Crippen molar-refractivity contribution in [1.29, 1.82) is 0 Å². The van der Waals surface area contributed by atoms with Gasteiger partial charge in [-0.25, -0.2) is 9.97 Å². The van der Waals surface area contributed by atoms with Crippen LogP contribution < -0.4 is 0 Å². The Hall–Kier alpha value is -6.30. The van der Waals surface area contributed by atoms with Crippen LogP contribution in [0.2, 0.25) is 0 Å². The van der Waals surface area contributed by atoms with Gasteiger partial charge in [0.1, 0.15) is 16.8 Å². The molecule has 0 bridgehead atoms. The Morgan fingerprint density at radius 1 is 0.490 bits per heavy atom. The van der Waals surface area contributed by atoms with Crippen LogP contribution in [-0.2, 0) is 0 Å². The molecule has 4 nitrogen and oxygen atoms in total. The molecular weight excluding hydrogens is 619 g/mol. The van der Waals surface area contributed by atoms with Gasteiger partial charge >= 0.3 is 0 Å². The maximum absolute atomic E-state index is 6.32. The second-order valence-corrected chi connectivity index (χ2v) is 13.6. The van der Waals surface area contributed by atoms with Gasteiger partial charge in [-0.05, 0) is 58.3 Å². The van der Waals surface area contributed by atoms with Crippen LogP contribution in [0.5, 0.6) is 0 Å². The lowest BCUT2D eigenvalue weighted by molar-refractivity contribution is 0.653. The van der Waals surface area contributed by atoms with E-state index in [-0.39, 0.29) is 0 Å². The van der Waals surface area contributed by atoms with Crippen LogP contribution in [0.25, 0.3) is 103 Å². The summed E-state index contributed by atoms with van der Waals surface area (Å²) in [7, 11) is 0. The Balaban J connectivity index is 1.26. The fourth-order valence-corrected chi connectivity index (χ4v) is 8.79. The molecule has 0 aliphatic heterocycles. The van der Waals surface area contributed by atoms with Gasteiger partial charge in [0, 0.05) is 41.9 Å². The summed E-state index contributed by atoms with van der Waals surface area (Å²) in [4.78, 5) is 10.7. The molecule has 7 aromatic carbocycles. The second kappa shape index (κ2) is 10.1. The van der Waals surface area contributed by atoms with E-state index in [9.17, 15) is 0 Å². The number of rotatable bonds is 3. The molecule has 5 heteroatoms. The molecule has 0 aliphatic carbocycles. The molecule has 0 aliphatic rings. The second-order valence-electron chi connectivity index (χ2n) is 12.6. The molecule has 228 valence electrons. The first-order chi connectivity index (χ1) is 24.3. The molecule has 11 aromatic rings. The standard InChI is InChI=1S/C44H25N3OS/c1-2-11-26(12-3-1)28-14-10-15-29(23-28)40-43(45-41-33-18-7-9-20-38(33)48-44(41)46-40)47-36-19-8-6-17-31(36)34-24-35-32-22-21-27-13-4-5-16-30(27)42(32)49-39(35)25-37(34)47/h1-25H. The summed E-state index contributed by atoms with van der Waals surface area (Å²) in [6.45, 7) is 0. The quantitative estimate of drug-likeness (QED) is 0.192. The first kappa shape index (κ1) is 26.7. The molecule has 0 radical (unpaired) electrons. The normalized spacial score (nSPS) is 12.1. The topological polar surface area (TPSA) is 43.9 Å². The molecule has 0 saturated carbocycles. The van der Waals surface area contributed by atoms with Crippen LogP contribution in [0.1, 0.15) is 0 Å². The van der Waals surface area contributed by atoms with E-state index >= 15 is 0 Å². The number of hydrogen-bond donors (Lipinski definition) is 0. The van der Waals surface area contributed by atoms with E-state index in [4.69, 9.17) is 14.4 Å². The highest BCUT2D eigenvalue weighted by molar-refractivity contribution is 7.26. The largest absolute Gasteiger partial charge is 0.436 e. The average molecular weight is 644 g/mol. The van der Waals surface area contributed by atoms with Gasteiger partial charge in [-0.2, -0.15) is 0 Å². The van der Waals surface area contributed by atoms with Crippen LogP contribution in [0.15, 0.2) is 156 Å². The molecule has 0 atom stereocenters. The lowest BCUT2D eigenvalue weighted by Crippen LogP contribution is -2.03. The zero-order valence-electron chi connectivity index (χ0n) is 26.1. The van der Waals surface area contributed by atoms with Crippen molar-refractivity contribution < 1.29 is 4.42 Å². The number of furan rings is 1. The minimum atomic E-state index is 0.532. The summed E-state index contributed by atoms with van der Waals surface area (Å²) < 4.78 is 11.2. The minimum absolute atomic E-state index is 0.532. The molecule has 0 spiro atoms. The first-order valence-electron chi connectivity index (χ1n) is 16.4. The smallest absolute Gasteiger partial charge is 0.247 e. The van der Waals surface area contributed by atoms with Gasteiger partial charge in [0.15, 0.2) is 5.82 Å². The summed E-state index contributed by atoms with van der Waals surface area (Å²) >= 11 is 1.86. The molecule has 4 heterocycles. The van der Waals surface area contributed by atoms with Crippen molar-refractivity contribution in [2.75, 3.05) is 0 Å².